The lowest BCUT2D eigenvalue weighted by atomic mass is 9.89. The summed E-state index contributed by atoms with van der Waals surface area (Å²) in [6, 6.07) is 21.8. The Balaban J connectivity index is 1.51. The number of benzene rings is 3. The first-order valence-electron chi connectivity index (χ1n) is 14.6. The summed E-state index contributed by atoms with van der Waals surface area (Å²) in [5, 5.41) is 10.2. The van der Waals surface area contributed by atoms with Gasteiger partial charge < -0.3 is 14.7 Å². The van der Waals surface area contributed by atoms with Gasteiger partial charge in [0, 0.05) is 56.0 Å². The Bertz CT molecular complexity index is 1450. The molecule has 0 bridgehead atoms. The van der Waals surface area contributed by atoms with Crippen LogP contribution < -0.4 is 0 Å². The quantitative estimate of drug-likeness (QED) is 0.418. The van der Waals surface area contributed by atoms with Gasteiger partial charge in [-0.05, 0) is 93.1 Å². The first-order chi connectivity index (χ1) is 19.9. The second-order valence-electron chi connectivity index (χ2n) is 11.4. The van der Waals surface area contributed by atoms with Crippen molar-refractivity contribution in [2.75, 3.05) is 66.5 Å². The molecule has 212 valence electrons. The van der Waals surface area contributed by atoms with Crippen LogP contribution in [-0.4, -0.2) is 98.2 Å². The van der Waals surface area contributed by atoms with Gasteiger partial charge in [0.15, 0.2) is 0 Å². The van der Waals surface area contributed by atoms with Crippen LogP contribution in [0.2, 0.25) is 0 Å². The van der Waals surface area contributed by atoms with Gasteiger partial charge in [-0.15, -0.1) is 0 Å². The van der Waals surface area contributed by atoms with Crippen LogP contribution in [0.3, 0.4) is 0 Å². The van der Waals surface area contributed by atoms with E-state index in [1.54, 1.807) is 6.07 Å². The van der Waals surface area contributed by atoms with E-state index < -0.39 is 0 Å². The third-order valence-electron chi connectivity index (χ3n) is 8.32. The van der Waals surface area contributed by atoms with E-state index in [9.17, 15) is 14.9 Å². The fraction of sp³-hybridized carbons (Fsp3) is 0.382. The number of likely N-dealkylation sites (N-methyl/N-ethyl adjacent to an activating group) is 2. The zero-order valence-corrected chi connectivity index (χ0v) is 24.2. The number of hydrogen-bond acceptors (Lipinski definition) is 6. The maximum absolute atomic E-state index is 13.6. The predicted molar refractivity (Wildman–Crippen MR) is 163 cm³/mol. The van der Waals surface area contributed by atoms with E-state index in [2.05, 4.69) is 40.9 Å². The number of nitrogens with zero attached hydrogens (tertiary/aromatic N) is 5. The molecule has 0 aromatic heterocycles. The molecule has 0 radical (unpaired) electrons. The first-order valence-corrected chi connectivity index (χ1v) is 14.6. The molecule has 3 aromatic carbocycles. The highest BCUT2D eigenvalue weighted by Crippen LogP contribution is 2.36. The maximum atomic E-state index is 13.6. The summed E-state index contributed by atoms with van der Waals surface area (Å²) in [7, 11) is 4.26. The minimum Gasteiger partial charge on any atom is -0.337 e. The van der Waals surface area contributed by atoms with Crippen molar-refractivity contribution in [1.29, 1.82) is 5.26 Å². The molecule has 7 heteroatoms. The van der Waals surface area contributed by atoms with E-state index in [0.29, 0.717) is 23.2 Å². The molecule has 0 unspecified atom stereocenters. The summed E-state index contributed by atoms with van der Waals surface area (Å²) in [4.78, 5) is 34.2. The van der Waals surface area contributed by atoms with Crippen LogP contribution in [0.25, 0.3) is 22.3 Å². The fourth-order valence-corrected chi connectivity index (χ4v) is 5.90. The monoisotopic (exact) mass is 549 g/mol. The van der Waals surface area contributed by atoms with Gasteiger partial charge in [-0.1, -0.05) is 36.4 Å². The van der Waals surface area contributed by atoms with Gasteiger partial charge in [-0.3, -0.25) is 14.5 Å². The molecule has 0 atom stereocenters. The zero-order chi connectivity index (χ0) is 28.8. The number of aldehydes is 1. The number of carbonyl (C=O) groups is 2. The molecule has 2 saturated heterocycles. The van der Waals surface area contributed by atoms with Crippen LogP contribution >= 0.6 is 0 Å². The summed E-state index contributed by atoms with van der Waals surface area (Å²) < 4.78 is 0. The molecule has 0 aliphatic carbocycles. The molecule has 2 aliphatic heterocycles. The summed E-state index contributed by atoms with van der Waals surface area (Å²) in [5.74, 6) is 0.0126. The van der Waals surface area contributed by atoms with E-state index in [1.165, 1.54) is 0 Å². The van der Waals surface area contributed by atoms with Crippen molar-refractivity contribution in [2.24, 2.45) is 0 Å². The average molecular weight is 550 g/mol. The van der Waals surface area contributed by atoms with Crippen molar-refractivity contribution in [3.8, 4) is 28.3 Å². The van der Waals surface area contributed by atoms with Gasteiger partial charge in [0.25, 0.3) is 5.91 Å². The summed E-state index contributed by atoms with van der Waals surface area (Å²) in [5.41, 5.74) is 6.30. The molecule has 0 N–H and O–H groups in total. The molecule has 2 fully saturated rings. The molecule has 7 nitrogen and oxygen atoms in total. The van der Waals surface area contributed by atoms with Crippen molar-refractivity contribution >= 4 is 12.2 Å². The standard InChI is InChI=1S/C34H39N5O2/c1-36-12-4-14-38(18-16-36)24-26-8-10-31(30(20-26)23-35)32-11-9-29(34(41)39-15-5-13-37(2)17-19-39)22-33(32)28-7-3-6-27(21-28)25-40/h3,6-11,20-22,25H,4-5,12-19,24H2,1-2H3. The third-order valence-corrected chi connectivity index (χ3v) is 8.32. The highest BCUT2D eigenvalue weighted by Gasteiger charge is 2.22. The minimum atomic E-state index is 0.0126. The van der Waals surface area contributed by atoms with Gasteiger partial charge in [0.2, 0.25) is 0 Å². The Morgan fingerprint density at radius 2 is 1.56 bits per heavy atom. The van der Waals surface area contributed by atoms with Crippen LogP contribution in [0.4, 0.5) is 0 Å². The van der Waals surface area contributed by atoms with Gasteiger partial charge >= 0.3 is 0 Å². The Morgan fingerprint density at radius 1 is 0.805 bits per heavy atom. The van der Waals surface area contributed by atoms with Gasteiger partial charge in [-0.25, -0.2) is 0 Å². The fourth-order valence-electron chi connectivity index (χ4n) is 5.90. The highest BCUT2D eigenvalue weighted by atomic mass is 16.2. The van der Waals surface area contributed by atoms with Crippen molar-refractivity contribution in [2.45, 2.75) is 19.4 Å². The highest BCUT2D eigenvalue weighted by molar-refractivity contribution is 5.98. The van der Waals surface area contributed by atoms with Gasteiger partial charge in [-0.2, -0.15) is 5.26 Å². The summed E-state index contributed by atoms with van der Waals surface area (Å²) in [6.45, 7) is 8.29. The van der Waals surface area contributed by atoms with Gasteiger partial charge in [0.1, 0.15) is 6.29 Å². The molecular formula is C34H39N5O2. The van der Waals surface area contributed by atoms with E-state index in [4.69, 9.17) is 0 Å². The molecule has 41 heavy (non-hydrogen) atoms. The molecule has 3 aromatic rings. The number of carbonyl (C=O) groups excluding carboxylic acids is 2. The van der Waals surface area contributed by atoms with Crippen molar-refractivity contribution in [1.82, 2.24) is 19.6 Å². The van der Waals surface area contributed by atoms with Crippen molar-refractivity contribution < 1.29 is 9.59 Å². The van der Waals surface area contributed by atoms with Gasteiger partial charge in [0.05, 0.1) is 11.6 Å². The van der Waals surface area contributed by atoms with Crippen LogP contribution in [0, 0.1) is 11.3 Å². The maximum Gasteiger partial charge on any atom is 0.253 e. The average Bonchev–Trinajstić information content (AvgIpc) is 3.35. The van der Waals surface area contributed by atoms with Crippen molar-refractivity contribution in [3.05, 3.63) is 82.9 Å². The molecule has 5 rings (SSSR count). The molecule has 0 spiro atoms. The molecule has 0 saturated carbocycles. The van der Waals surface area contributed by atoms with Crippen LogP contribution in [0.5, 0.6) is 0 Å². The van der Waals surface area contributed by atoms with Crippen molar-refractivity contribution in [3.63, 3.8) is 0 Å². The SMILES string of the molecule is CN1CCCN(Cc2ccc(-c3ccc(C(=O)N4CCCN(C)CC4)cc3-c3cccc(C=O)c3)c(C#N)c2)CC1. The minimum absolute atomic E-state index is 0.0126. The Morgan fingerprint density at radius 3 is 2.34 bits per heavy atom. The van der Waals surface area contributed by atoms with E-state index in [0.717, 1.165) is 99.3 Å². The van der Waals surface area contributed by atoms with Crippen LogP contribution in [0.15, 0.2) is 60.7 Å². The largest absolute Gasteiger partial charge is 0.337 e. The molecule has 2 heterocycles. The first kappa shape index (κ1) is 28.7. The number of rotatable bonds is 6. The van der Waals surface area contributed by atoms with E-state index in [-0.39, 0.29) is 5.91 Å². The Kier molecular flexibility index (Phi) is 9.25. The van der Waals surface area contributed by atoms with Crippen LogP contribution in [0.1, 0.15) is 44.7 Å². The topological polar surface area (TPSA) is 70.9 Å². The number of hydrogen-bond donors (Lipinski definition) is 0. The molecular weight excluding hydrogens is 510 g/mol. The number of amides is 1. The normalized spacial score (nSPS) is 17.4. The lowest BCUT2D eigenvalue weighted by Crippen LogP contribution is -2.34. The second kappa shape index (κ2) is 13.2. The Hall–Kier alpha value is -3.83. The predicted octanol–water partition coefficient (Wildman–Crippen LogP) is 4.62. The summed E-state index contributed by atoms with van der Waals surface area (Å²) >= 11 is 0. The smallest absolute Gasteiger partial charge is 0.253 e. The second-order valence-corrected chi connectivity index (χ2v) is 11.4. The van der Waals surface area contributed by atoms with E-state index in [1.807, 2.05) is 53.4 Å². The molecule has 1 amide bonds. The van der Waals surface area contributed by atoms with Crippen LogP contribution in [-0.2, 0) is 6.54 Å². The number of nitriles is 1. The molecule has 2 aliphatic rings. The zero-order valence-electron chi connectivity index (χ0n) is 24.2. The van der Waals surface area contributed by atoms with E-state index >= 15 is 0 Å². The Labute approximate surface area is 243 Å². The lowest BCUT2D eigenvalue weighted by Gasteiger charge is -2.22. The lowest BCUT2D eigenvalue weighted by molar-refractivity contribution is 0.0762. The third kappa shape index (κ3) is 6.91. The summed E-state index contributed by atoms with van der Waals surface area (Å²) in [6.07, 6.45) is 2.92.